The molecule has 2 aromatic carbocycles. The minimum absolute atomic E-state index is 0.247. The molecule has 8 nitrogen and oxygen atoms in total. The summed E-state index contributed by atoms with van der Waals surface area (Å²) in [6.07, 6.45) is 4.26. The van der Waals surface area contributed by atoms with Crippen molar-refractivity contribution in [2.45, 2.75) is 51.2 Å². The van der Waals surface area contributed by atoms with Crippen LogP contribution in [-0.4, -0.2) is 53.0 Å². The Labute approximate surface area is 222 Å². The van der Waals surface area contributed by atoms with Crippen molar-refractivity contribution in [1.29, 1.82) is 0 Å². The number of rotatable bonds is 7. The summed E-state index contributed by atoms with van der Waals surface area (Å²) in [4.78, 5) is 13.1. The van der Waals surface area contributed by atoms with E-state index in [-0.39, 0.29) is 11.3 Å². The zero-order valence-corrected chi connectivity index (χ0v) is 23.2. The van der Waals surface area contributed by atoms with E-state index < -0.39 is 40.1 Å². The zero-order valence-electron chi connectivity index (χ0n) is 22.4. The Hall–Kier alpha value is -2.89. The van der Waals surface area contributed by atoms with Gasteiger partial charge in [0, 0.05) is 36.6 Å². The van der Waals surface area contributed by atoms with Crippen LogP contribution in [0, 0.1) is 11.7 Å². The van der Waals surface area contributed by atoms with Gasteiger partial charge in [0.1, 0.15) is 17.2 Å². The number of nitrogens with one attached hydrogen (secondary N) is 1. The van der Waals surface area contributed by atoms with Crippen LogP contribution >= 0.6 is 0 Å². The van der Waals surface area contributed by atoms with E-state index in [0.717, 1.165) is 29.8 Å². The van der Waals surface area contributed by atoms with Crippen LogP contribution in [0.3, 0.4) is 0 Å². The number of fused-ring (bicyclic) bond motifs is 1. The average molecular weight is 542 g/mol. The van der Waals surface area contributed by atoms with Crippen LogP contribution in [0.15, 0.2) is 40.8 Å². The molecule has 3 aromatic rings. The van der Waals surface area contributed by atoms with Crippen molar-refractivity contribution >= 4 is 45.2 Å². The Kier molecular flexibility index (Phi) is 6.40. The van der Waals surface area contributed by atoms with Gasteiger partial charge in [-0.2, -0.15) is 0 Å². The smallest absolute Gasteiger partial charge is 0.455 e. The Morgan fingerprint density at radius 2 is 1.82 bits per heavy atom. The van der Waals surface area contributed by atoms with Gasteiger partial charge in [-0.1, -0.05) is 12.8 Å². The lowest BCUT2D eigenvalue weighted by Gasteiger charge is -2.36. The Balaban J connectivity index is 1.72. The van der Waals surface area contributed by atoms with Gasteiger partial charge in [0.2, 0.25) is 10.0 Å². The van der Waals surface area contributed by atoms with Crippen LogP contribution < -0.4 is 15.1 Å². The van der Waals surface area contributed by atoms with Gasteiger partial charge in [-0.05, 0) is 63.4 Å². The second kappa shape index (κ2) is 9.10. The lowest BCUT2D eigenvalue weighted by Crippen LogP contribution is -2.45. The van der Waals surface area contributed by atoms with E-state index in [4.69, 9.17) is 13.7 Å². The van der Waals surface area contributed by atoms with Gasteiger partial charge in [-0.25, -0.2) is 12.8 Å². The highest BCUT2D eigenvalue weighted by atomic mass is 32.2. The largest absolute Gasteiger partial charge is 0.497 e. The minimum Gasteiger partial charge on any atom is -0.455 e. The molecule has 1 atom stereocenters. The van der Waals surface area contributed by atoms with Gasteiger partial charge < -0.3 is 19.0 Å². The summed E-state index contributed by atoms with van der Waals surface area (Å²) in [6.45, 7) is 5.99. The summed E-state index contributed by atoms with van der Waals surface area (Å²) in [7, 11) is -1.58. The van der Waals surface area contributed by atoms with Gasteiger partial charge in [-0.15, -0.1) is 0 Å². The number of benzene rings is 2. The van der Waals surface area contributed by atoms with Crippen molar-refractivity contribution in [3.05, 3.63) is 47.8 Å². The Morgan fingerprint density at radius 3 is 2.39 bits per heavy atom. The molecular formula is C27H32BFN2O6S. The summed E-state index contributed by atoms with van der Waals surface area (Å²) in [5.41, 5.74) is 0.613. The number of sulfonamides is 1. The minimum atomic E-state index is -3.66. The third kappa shape index (κ3) is 4.61. The topological polar surface area (TPSA) is 98.1 Å². The monoisotopic (exact) mass is 542 g/mol. The van der Waals surface area contributed by atoms with Crippen molar-refractivity contribution in [2.75, 3.05) is 24.7 Å². The van der Waals surface area contributed by atoms with Crippen LogP contribution in [0.5, 0.6) is 0 Å². The summed E-state index contributed by atoms with van der Waals surface area (Å²) < 4.78 is 59.2. The summed E-state index contributed by atoms with van der Waals surface area (Å²) in [5, 5.41) is 3.11. The average Bonchev–Trinajstić information content (AvgIpc) is 3.52. The molecule has 1 N–H and O–H groups in total. The highest BCUT2D eigenvalue weighted by molar-refractivity contribution is 7.92. The first-order valence-corrected chi connectivity index (χ1v) is 14.5. The molecule has 5 rings (SSSR count). The second-order valence-electron chi connectivity index (χ2n) is 11.0. The van der Waals surface area contributed by atoms with Crippen molar-refractivity contribution in [2.24, 2.45) is 5.92 Å². The van der Waals surface area contributed by atoms with E-state index in [1.807, 2.05) is 20.8 Å². The fourth-order valence-corrected chi connectivity index (χ4v) is 5.55. The van der Waals surface area contributed by atoms with Crippen molar-refractivity contribution in [3.8, 4) is 11.3 Å². The fourth-order valence-electron chi connectivity index (χ4n) is 5.03. The highest BCUT2D eigenvalue weighted by Gasteiger charge is 2.56. The molecule has 2 aliphatic rings. The molecule has 1 aromatic heterocycles. The molecule has 202 valence electrons. The second-order valence-corrected chi connectivity index (χ2v) is 13.0. The Morgan fingerprint density at radius 1 is 1.16 bits per heavy atom. The summed E-state index contributed by atoms with van der Waals surface area (Å²) in [5.74, 6) is 0.00869. The summed E-state index contributed by atoms with van der Waals surface area (Å²) in [6, 6.07) is 8.91. The standard InChI is InChI=1S/C27H32BFN2O6S/c1-26(2)27(3,15-16-7-8-16)37-28(36-26)20-13-19-22(14-21(20)31(5)38(6,33)34)35-24(23(19)25(32)30-4)17-9-11-18(29)12-10-17/h9-14,16H,7-8,15H2,1-6H3,(H,30,32). The molecule has 1 amide bonds. The molecular weight excluding hydrogens is 510 g/mol. The van der Waals surface area contributed by atoms with E-state index in [2.05, 4.69) is 5.32 Å². The van der Waals surface area contributed by atoms with Gasteiger partial charge in [0.15, 0.2) is 0 Å². The van der Waals surface area contributed by atoms with Crippen LogP contribution in [0.25, 0.3) is 22.3 Å². The molecule has 0 bridgehead atoms. The first-order chi connectivity index (χ1) is 17.7. The van der Waals surface area contributed by atoms with E-state index >= 15 is 0 Å². The number of furan rings is 1. The number of halogens is 1. The third-order valence-electron chi connectivity index (χ3n) is 7.91. The predicted octanol–water partition coefficient (Wildman–Crippen LogP) is 4.07. The SMILES string of the molecule is CNC(=O)c1c(-c2ccc(F)cc2)oc2cc(N(C)S(C)(=O)=O)c(B3OC(C)(C)C(C)(CC4CC4)O3)cc12. The van der Waals surface area contributed by atoms with E-state index in [0.29, 0.717) is 33.6 Å². The highest BCUT2D eigenvalue weighted by Crippen LogP contribution is 2.47. The van der Waals surface area contributed by atoms with Gasteiger partial charge in [-0.3, -0.25) is 9.10 Å². The number of anilines is 1. The summed E-state index contributed by atoms with van der Waals surface area (Å²) >= 11 is 0. The normalized spacial score (nSPS) is 21.2. The maximum Gasteiger partial charge on any atom is 0.497 e. The van der Waals surface area contributed by atoms with Crippen LogP contribution in [0.2, 0.25) is 0 Å². The molecule has 1 saturated carbocycles. The quantitative estimate of drug-likeness (QED) is 0.452. The van der Waals surface area contributed by atoms with Gasteiger partial charge in [0.25, 0.3) is 5.91 Å². The number of hydrogen-bond acceptors (Lipinski definition) is 6. The molecule has 2 heterocycles. The van der Waals surface area contributed by atoms with E-state index in [1.165, 1.54) is 38.4 Å². The molecule has 11 heteroatoms. The molecule has 38 heavy (non-hydrogen) atoms. The predicted molar refractivity (Wildman–Crippen MR) is 146 cm³/mol. The Bertz CT molecular complexity index is 1520. The van der Waals surface area contributed by atoms with Gasteiger partial charge >= 0.3 is 7.12 Å². The van der Waals surface area contributed by atoms with Crippen molar-refractivity contribution < 1.29 is 31.3 Å². The maximum absolute atomic E-state index is 13.6. The fraction of sp³-hybridized carbons (Fsp3) is 0.444. The number of hydrogen-bond donors (Lipinski definition) is 1. The van der Waals surface area contributed by atoms with E-state index in [1.54, 1.807) is 12.1 Å². The van der Waals surface area contributed by atoms with Crippen LogP contribution in [0.1, 0.15) is 50.4 Å². The number of carbonyl (C=O) groups excluding carboxylic acids is 1. The first-order valence-electron chi connectivity index (χ1n) is 12.6. The first kappa shape index (κ1) is 26.7. The molecule has 1 aliphatic heterocycles. The van der Waals surface area contributed by atoms with E-state index in [9.17, 15) is 17.6 Å². The van der Waals surface area contributed by atoms with Crippen LogP contribution in [-0.2, 0) is 19.3 Å². The molecule has 0 spiro atoms. The molecule has 2 fully saturated rings. The van der Waals surface area contributed by atoms with Crippen LogP contribution in [0.4, 0.5) is 10.1 Å². The lowest BCUT2D eigenvalue weighted by molar-refractivity contribution is -0.0194. The zero-order chi connectivity index (χ0) is 27.6. The van der Waals surface area contributed by atoms with Crippen molar-refractivity contribution in [3.63, 3.8) is 0 Å². The third-order valence-corrected chi connectivity index (χ3v) is 9.10. The number of carbonyl (C=O) groups is 1. The molecule has 1 aliphatic carbocycles. The lowest BCUT2D eigenvalue weighted by atomic mass is 9.76. The van der Waals surface area contributed by atoms with Crippen molar-refractivity contribution in [1.82, 2.24) is 5.32 Å². The maximum atomic E-state index is 13.6. The van der Waals surface area contributed by atoms with Gasteiger partial charge in [0.05, 0.1) is 28.7 Å². The number of nitrogens with zero attached hydrogens (tertiary/aromatic N) is 1. The molecule has 1 saturated heterocycles. The number of amides is 1. The molecule has 1 unspecified atom stereocenters. The molecule has 0 radical (unpaired) electrons.